The van der Waals surface area contributed by atoms with E-state index in [1.54, 1.807) is 31.2 Å². The van der Waals surface area contributed by atoms with Crippen LogP contribution in [0.2, 0.25) is 0 Å². The van der Waals surface area contributed by atoms with Crippen molar-refractivity contribution in [3.05, 3.63) is 70.3 Å². The van der Waals surface area contributed by atoms with E-state index in [0.717, 1.165) is 37.9 Å². The molecule has 11 heteroatoms. The van der Waals surface area contributed by atoms with Crippen LogP contribution in [0.3, 0.4) is 0 Å². The van der Waals surface area contributed by atoms with Crippen molar-refractivity contribution in [1.82, 2.24) is 19.9 Å². The number of piperazine rings is 1. The number of anilines is 2. The first-order valence-corrected chi connectivity index (χ1v) is 12.7. The summed E-state index contributed by atoms with van der Waals surface area (Å²) in [7, 11) is 0. The number of hydrogen-bond acceptors (Lipinski definition) is 6. The van der Waals surface area contributed by atoms with Gasteiger partial charge in [-0.3, -0.25) is 9.69 Å². The van der Waals surface area contributed by atoms with Gasteiger partial charge in [0.15, 0.2) is 5.82 Å². The Morgan fingerprint density at radius 3 is 2.38 bits per heavy atom. The Kier molecular flexibility index (Phi) is 7.51. The van der Waals surface area contributed by atoms with Gasteiger partial charge >= 0.3 is 0 Å². The molecule has 3 heterocycles. The Labute approximate surface area is 222 Å². The summed E-state index contributed by atoms with van der Waals surface area (Å²) in [6, 6.07) is 11.6. The first kappa shape index (κ1) is 26.6. The van der Waals surface area contributed by atoms with Gasteiger partial charge in [0.05, 0.1) is 5.39 Å². The van der Waals surface area contributed by atoms with Crippen LogP contribution < -0.4 is 16.2 Å². The number of nitrogens with two attached hydrogens (primary N) is 1. The van der Waals surface area contributed by atoms with Crippen LogP contribution in [-0.4, -0.2) is 59.0 Å². The second kappa shape index (κ2) is 11.0. The highest BCUT2D eigenvalue weighted by atomic mass is 19.3. The molecule has 39 heavy (non-hydrogen) atoms. The molecule has 2 aromatic carbocycles. The van der Waals surface area contributed by atoms with Crippen LogP contribution in [0.4, 0.5) is 29.1 Å². The monoisotopic (exact) mass is 540 g/mol. The molecule has 4 aromatic rings. The van der Waals surface area contributed by atoms with Crippen molar-refractivity contribution >= 4 is 22.3 Å². The average molecular weight is 541 g/mol. The number of aromatic amines is 1. The minimum Gasteiger partial charge on any atom is -0.382 e. The third-order valence-electron chi connectivity index (χ3n) is 6.96. The second-order valence-electron chi connectivity index (χ2n) is 9.71. The number of benzene rings is 2. The predicted molar refractivity (Wildman–Crippen MR) is 144 cm³/mol. The van der Waals surface area contributed by atoms with Gasteiger partial charge in [-0.15, -0.1) is 0 Å². The number of nitrogens with zero attached hydrogens (tertiary/aromatic N) is 4. The molecule has 1 aliphatic heterocycles. The fourth-order valence-electron chi connectivity index (χ4n) is 4.98. The molecule has 0 spiro atoms. The quantitative estimate of drug-likeness (QED) is 0.321. The molecule has 0 amide bonds. The van der Waals surface area contributed by atoms with Gasteiger partial charge in [0.2, 0.25) is 12.4 Å². The Balaban J connectivity index is 1.37. The lowest BCUT2D eigenvalue weighted by Gasteiger charge is -2.36. The normalized spacial score (nSPS) is 14.5. The van der Waals surface area contributed by atoms with E-state index in [0.29, 0.717) is 29.6 Å². The number of pyridine rings is 1. The maximum absolute atomic E-state index is 14.9. The number of aryl methyl sites for hydroxylation is 1. The van der Waals surface area contributed by atoms with E-state index in [2.05, 4.69) is 24.8 Å². The maximum Gasteiger partial charge on any atom is 0.258 e. The van der Waals surface area contributed by atoms with Crippen LogP contribution in [0.15, 0.2) is 47.3 Å². The largest absolute Gasteiger partial charge is 0.382 e. The Bertz CT molecular complexity index is 1550. The zero-order chi connectivity index (χ0) is 27.7. The fraction of sp³-hybridized carbons (Fsp3) is 0.321. The van der Waals surface area contributed by atoms with Crippen molar-refractivity contribution in [2.75, 3.05) is 43.4 Å². The summed E-state index contributed by atoms with van der Waals surface area (Å²) in [4.78, 5) is 27.4. The summed E-state index contributed by atoms with van der Waals surface area (Å²) >= 11 is 0. The molecule has 204 valence electrons. The molecule has 5 rings (SSSR count). The van der Waals surface area contributed by atoms with Gasteiger partial charge in [0.25, 0.3) is 5.56 Å². The molecular weight excluding hydrogens is 512 g/mol. The topological polar surface area (TPSA) is 91.1 Å². The van der Waals surface area contributed by atoms with Gasteiger partial charge in [0, 0.05) is 55.1 Å². The summed E-state index contributed by atoms with van der Waals surface area (Å²) in [5, 5.41) is 0.291. The maximum atomic E-state index is 14.9. The van der Waals surface area contributed by atoms with E-state index in [1.165, 1.54) is 0 Å². The average Bonchev–Trinajstić information content (AvgIpc) is 2.88. The summed E-state index contributed by atoms with van der Waals surface area (Å²) in [6.45, 7) is 5.41. The molecule has 0 radical (unpaired) electrons. The van der Waals surface area contributed by atoms with Gasteiger partial charge in [0.1, 0.15) is 17.2 Å². The van der Waals surface area contributed by atoms with E-state index in [-0.39, 0.29) is 34.6 Å². The molecular formula is C28H28F4N6O. The van der Waals surface area contributed by atoms with Crippen molar-refractivity contribution in [3.8, 4) is 22.5 Å². The van der Waals surface area contributed by atoms with Crippen LogP contribution in [0.1, 0.15) is 18.5 Å². The van der Waals surface area contributed by atoms with Gasteiger partial charge in [-0.2, -0.15) is 9.37 Å². The number of nitrogen functional groups attached to an aromatic ring is 1. The van der Waals surface area contributed by atoms with Crippen LogP contribution >= 0.6 is 0 Å². The Hall–Kier alpha value is -3.99. The molecule has 1 saturated heterocycles. The lowest BCUT2D eigenvalue weighted by molar-refractivity contribution is 0.127. The van der Waals surface area contributed by atoms with Crippen molar-refractivity contribution < 1.29 is 17.6 Å². The highest BCUT2D eigenvalue weighted by molar-refractivity contribution is 5.88. The number of alkyl halides is 2. The molecule has 0 aliphatic carbocycles. The van der Waals surface area contributed by atoms with Gasteiger partial charge in [-0.05, 0) is 55.6 Å². The number of rotatable bonds is 7. The molecule has 0 saturated carbocycles. The summed E-state index contributed by atoms with van der Waals surface area (Å²) < 4.78 is 54.5. The zero-order valence-corrected chi connectivity index (χ0v) is 21.4. The number of halogens is 4. The molecule has 0 bridgehead atoms. The Morgan fingerprint density at radius 2 is 1.69 bits per heavy atom. The number of hydrogen-bond donors (Lipinski definition) is 2. The van der Waals surface area contributed by atoms with Crippen LogP contribution in [0.5, 0.6) is 0 Å². The molecule has 3 N–H and O–H groups in total. The van der Waals surface area contributed by atoms with Crippen molar-refractivity contribution in [2.45, 2.75) is 26.2 Å². The lowest BCUT2D eigenvalue weighted by atomic mass is 10.0. The van der Waals surface area contributed by atoms with Crippen molar-refractivity contribution in [3.63, 3.8) is 0 Å². The summed E-state index contributed by atoms with van der Waals surface area (Å²) in [6.07, 6.45) is -1.87. The van der Waals surface area contributed by atoms with Gasteiger partial charge < -0.3 is 15.6 Å². The van der Waals surface area contributed by atoms with Gasteiger partial charge in [-0.1, -0.05) is 12.1 Å². The van der Waals surface area contributed by atoms with E-state index >= 15 is 0 Å². The molecule has 7 nitrogen and oxygen atoms in total. The highest BCUT2D eigenvalue weighted by Gasteiger charge is 2.20. The van der Waals surface area contributed by atoms with Gasteiger partial charge in [-0.25, -0.2) is 18.2 Å². The van der Waals surface area contributed by atoms with E-state index < -0.39 is 23.7 Å². The number of fused-ring (bicyclic) bond motifs is 1. The second-order valence-corrected chi connectivity index (χ2v) is 9.71. The van der Waals surface area contributed by atoms with Crippen molar-refractivity contribution in [1.29, 1.82) is 0 Å². The highest BCUT2D eigenvalue weighted by Crippen LogP contribution is 2.31. The fourth-order valence-corrected chi connectivity index (χ4v) is 4.98. The molecule has 0 unspecified atom stereocenters. The van der Waals surface area contributed by atoms with Crippen molar-refractivity contribution in [2.24, 2.45) is 0 Å². The summed E-state index contributed by atoms with van der Waals surface area (Å²) in [5.41, 5.74) is 7.79. The first-order chi connectivity index (χ1) is 18.7. The SMILES string of the molecule is Cc1cc2cc(-c3nc(-c4ccc(N5CCN(CCCC(F)F)CC5)cc4)c(F)nc3N)cc(F)c2c(=O)[nH]1. The number of aromatic nitrogens is 3. The smallest absolute Gasteiger partial charge is 0.258 e. The Morgan fingerprint density at radius 1 is 0.974 bits per heavy atom. The zero-order valence-electron chi connectivity index (χ0n) is 21.4. The standard InChI is InChI=1S/C28H28F4N6O/c1-16-13-18-14-19(15-21(29)23(18)28(39)34-16)25-27(33)36-26(32)24(35-25)17-4-6-20(7-5-17)38-11-9-37(10-12-38)8-2-3-22(30)31/h4-7,13-15,22H,2-3,8-12H2,1H3,(H2,33,36)(H,34,39). The molecule has 1 aliphatic rings. The lowest BCUT2D eigenvalue weighted by Crippen LogP contribution is -2.46. The number of H-pyrrole nitrogens is 1. The van der Waals surface area contributed by atoms with Crippen LogP contribution in [0.25, 0.3) is 33.3 Å². The third kappa shape index (κ3) is 5.73. The minimum atomic E-state index is -2.26. The summed E-state index contributed by atoms with van der Waals surface area (Å²) in [5.74, 6) is -1.79. The van der Waals surface area contributed by atoms with E-state index in [9.17, 15) is 22.4 Å². The third-order valence-corrected chi connectivity index (χ3v) is 6.96. The van der Waals surface area contributed by atoms with E-state index in [1.807, 2.05) is 12.1 Å². The predicted octanol–water partition coefficient (Wildman–Crippen LogP) is 4.99. The first-order valence-electron chi connectivity index (χ1n) is 12.7. The molecule has 1 fully saturated rings. The molecule has 0 atom stereocenters. The molecule has 2 aromatic heterocycles. The van der Waals surface area contributed by atoms with Crippen LogP contribution in [-0.2, 0) is 0 Å². The van der Waals surface area contributed by atoms with E-state index in [4.69, 9.17) is 5.73 Å². The minimum absolute atomic E-state index is 0.0304. The van der Waals surface area contributed by atoms with Crippen LogP contribution in [0, 0.1) is 18.7 Å². The number of nitrogens with one attached hydrogen (secondary N) is 1.